The van der Waals surface area contributed by atoms with Crippen LogP contribution in [0.3, 0.4) is 0 Å². The van der Waals surface area contributed by atoms with Crippen molar-refractivity contribution >= 4 is 57.7 Å². The quantitative estimate of drug-likeness (QED) is 0.136. The van der Waals surface area contributed by atoms with Crippen LogP contribution >= 0.6 is 23.1 Å². The molecule has 0 radical (unpaired) electrons. The van der Waals surface area contributed by atoms with Crippen molar-refractivity contribution in [3.63, 3.8) is 0 Å². The number of aliphatic carboxylic acids is 2. The third kappa shape index (κ3) is 4.38. The molecule has 1 aliphatic carbocycles. The molecule has 2 atom stereocenters. The van der Waals surface area contributed by atoms with Gasteiger partial charge in [-0.05, 0) is 6.42 Å². The first-order chi connectivity index (χ1) is 18.1. The number of oxime groups is 1. The Bertz CT molecular complexity index is 1390. The molecule has 2 fully saturated rings. The van der Waals surface area contributed by atoms with Gasteiger partial charge in [-0.1, -0.05) is 5.16 Å². The van der Waals surface area contributed by atoms with Crippen molar-refractivity contribution in [2.75, 3.05) is 11.5 Å². The second kappa shape index (κ2) is 9.75. The van der Waals surface area contributed by atoms with E-state index in [1.165, 1.54) is 17.1 Å². The van der Waals surface area contributed by atoms with Crippen LogP contribution in [-0.2, 0) is 37.6 Å². The topological polar surface area (TPSA) is 196 Å². The normalized spacial score (nSPS) is 22.3. The van der Waals surface area contributed by atoms with Gasteiger partial charge in [0.15, 0.2) is 23.6 Å². The molecule has 4 N–H and O–H groups in total. The van der Waals surface area contributed by atoms with E-state index in [1.54, 1.807) is 34.9 Å². The second-order valence-corrected chi connectivity index (χ2v) is 11.0. The smallest absolute Gasteiger partial charge is 0.350 e. The van der Waals surface area contributed by atoms with Crippen LogP contribution in [0.1, 0.15) is 25.0 Å². The number of fused-ring (bicyclic) bond motifs is 1. The van der Waals surface area contributed by atoms with Gasteiger partial charge in [-0.25, -0.2) is 9.78 Å². The van der Waals surface area contributed by atoms with Gasteiger partial charge in [0, 0.05) is 35.6 Å². The van der Waals surface area contributed by atoms with Gasteiger partial charge in [0.05, 0.1) is 24.9 Å². The highest BCUT2D eigenvalue weighted by molar-refractivity contribution is 8.00. The fraction of sp³-hybridized carbons (Fsp3) is 0.409. The third-order valence-corrected chi connectivity index (χ3v) is 8.70. The summed E-state index contributed by atoms with van der Waals surface area (Å²) in [4.78, 5) is 60.4. The summed E-state index contributed by atoms with van der Waals surface area (Å²) in [7, 11) is 1.81. The van der Waals surface area contributed by atoms with E-state index < -0.39 is 40.8 Å². The van der Waals surface area contributed by atoms with E-state index in [-0.39, 0.29) is 41.6 Å². The number of anilines is 1. The molecule has 38 heavy (non-hydrogen) atoms. The van der Waals surface area contributed by atoms with Crippen molar-refractivity contribution < 1.29 is 38.9 Å². The number of carbonyl (C=O) groups is 4. The van der Waals surface area contributed by atoms with Gasteiger partial charge in [-0.2, -0.15) is 4.68 Å². The summed E-state index contributed by atoms with van der Waals surface area (Å²) in [5.74, 6) is -3.83. The van der Waals surface area contributed by atoms with E-state index in [9.17, 15) is 29.4 Å². The fourth-order valence-electron chi connectivity index (χ4n) is 4.39. The van der Waals surface area contributed by atoms with Crippen LogP contribution in [0.25, 0.3) is 0 Å². The average Bonchev–Trinajstić information content (AvgIpc) is 3.45. The average molecular weight is 562 g/mol. The number of hydrogen-bond acceptors (Lipinski definition) is 11. The van der Waals surface area contributed by atoms with E-state index in [0.29, 0.717) is 17.7 Å². The minimum absolute atomic E-state index is 0.0574. The number of aryl methyl sites for hydroxylation is 1. The summed E-state index contributed by atoms with van der Waals surface area (Å²) in [6.45, 7) is 0.248. The zero-order valence-corrected chi connectivity index (χ0v) is 21.7. The van der Waals surface area contributed by atoms with Gasteiger partial charge in [0.2, 0.25) is 5.60 Å². The van der Waals surface area contributed by atoms with Crippen LogP contribution in [0.4, 0.5) is 5.13 Å². The summed E-state index contributed by atoms with van der Waals surface area (Å²) in [6, 6.07) is 0.755. The molecule has 4 heterocycles. The number of nitrogens with zero attached hydrogens (tertiary/aromatic N) is 5. The molecular formula is C22H23N7O7S2. The number of rotatable bonds is 9. The molecule has 1 saturated carbocycles. The number of β-lactam (4-membered cyclic amide) rings is 1. The molecule has 0 spiro atoms. The molecular weight excluding hydrogens is 538 g/mol. The Kier molecular flexibility index (Phi) is 6.60. The van der Waals surface area contributed by atoms with Gasteiger partial charge in [-0.3, -0.25) is 14.5 Å². The monoisotopic (exact) mass is 561 g/mol. The number of carboxylic acid groups (broad SMARTS) is 2. The molecule has 5 rings (SSSR count). The van der Waals surface area contributed by atoms with Crippen LogP contribution in [0.5, 0.6) is 0 Å². The molecule has 0 bridgehead atoms. The number of carboxylic acids is 2. The molecule has 2 amide bonds. The second-order valence-electron chi connectivity index (χ2n) is 9.02. The first kappa shape index (κ1) is 25.7. The van der Waals surface area contributed by atoms with Crippen molar-refractivity contribution in [3.05, 3.63) is 40.8 Å². The molecule has 1 saturated heterocycles. The molecule has 200 valence electrons. The molecule has 0 unspecified atom stereocenters. The highest BCUT2D eigenvalue weighted by atomic mass is 32.2. The first-order valence-electron chi connectivity index (χ1n) is 11.5. The molecule has 2 aliphatic heterocycles. The van der Waals surface area contributed by atoms with Crippen molar-refractivity contribution in [1.82, 2.24) is 19.9 Å². The Morgan fingerprint density at radius 3 is 2.74 bits per heavy atom. The summed E-state index contributed by atoms with van der Waals surface area (Å²) < 4.78 is 3.57. The number of thiazole rings is 1. The lowest BCUT2D eigenvalue weighted by molar-refractivity contribution is -0.766. The summed E-state index contributed by atoms with van der Waals surface area (Å²) in [6.07, 6.45) is 4.69. The number of nitrogen functional groups attached to an aromatic ring is 1. The molecule has 14 nitrogen and oxygen atoms in total. The summed E-state index contributed by atoms with van der Waals surface area (Å²) in [5, 5.41) is 28.9. The summed E-state index contributed by atoms with van der Waals surface area (Å²) >= 11 is 2.35. The number of hydrogen-bond donors (Lipinski definition) is 3. The van der Waals surface area contributed by atoms with Crippen LogP contribution in [0.15, 0.2) is 40.3 Å². The van der Waals surface area contributed by atoms with Gasteiger partial charge in [-0.15, -0.1) is 27.8 Å². The number of nitrogens with two attached hydrogens (primary N) is 1. The van der Waals surface area contributed by atoms with Crippen LogP contribution in [0.2, 0.25) is 0 Å². The molecule has 0 aromatic carbocycles. The fourth-order valence-corrected chi connectivity index (χ4v) is 6.27. The zero-order chi connectivity index (χ0) is 27.2. The predicted octanol–water partition coefficient (Wildman–Crippen LogP) is -1.82. The standard InChI is InChI=1S/C22H23N7O7S2/c1-27-6-3-7-28(27)8-11-9-37-18-14(17(31)29(18)15(11)19(32)33)25-16(30)13(12-10-38-21(23)24-12)26-36-22(20(34)35)4-2-5-22/h3,6-7,10,14,18H,2,4-5,8-9H2,1H3,(H4-,23,24,25,30,32,33,34,35)/b26-13-/t14-,18-/m1/s1. The van der Waals surface area contributed by atoms with Crippen molar-refractivity contribution in [1.29, 1.82) is 0 Å². The predicted molar refractivity (Wildman–Crippen MR) is 131 cm³/mol. The Morgan fingerprint density at radius 2 is 2.18 bits per heavy atom. The van der Waals surface area contributed by atoms with E-state index in [0.717, 1.165) is 16.2 Å². The number of amides is 2. The maximum absolute atomic E-state index is 13.2. The van der Waals surface area contributed by atoms with Gasteiger partial charge in [0.1, 0.15) is 17.1 Å². The maximum atomic E-state index is 13.2. The highest BCUT2D eigenvalue weighted by Crippen LogP contribution is 2.40. The van der Waals surface area contributed by atoms with Gasteiger partial charge < -0.3 is 30.9 Å². The van der Waals surface area contributed by atoms with E-state index in [2.05, 4.69) is 15.5 Å². The van der Waals surface area contributed by atoms with Crippen LogP contribution in [-0.4, -0.2) is 71.9 Å². The lowest BCUT2D eigenvalue weighted by Gasteiger charge is -2.50. The highest BCUT2D eigenvalue weighted by Gasteiger charge is 2.54. The SMILES string of the molecule is Cn1ccc[n+]1CC1=C(C(=O)[O-])N2C(=O)[C@@H](NC(=O)/C(=N\OC3(C(=O)O)CCC3)c3csc(N)n3)[C@H]2SC1. The van der Waals surface area contributed by atoms with Crippen molar-refractivity contribution in [2.45, 2.75) is 42.8 Å². The first-order valence-corrected chi connectivity index (χ1v) is 13.4. The third-order valence-electron chi connectivity index (χ3n) is 6.69. The summed E-state index contributed by atoms with van der Waals surface area (Å²) in [5.41, 5.74) is 4.18. The number of carbonyl (C=O) groups excluding carboxylic acids is 3. The number of thioether (sulfide) groups is 1. The van der Waals surface area contributed by atoms with Crippen molar-refractivity contribution in [2.24, 2.45) is 12.2 Å². The van der Waals surface area contributed by atoms with Gasteiger partial charge in [0.25, 0.3) is 11.8 Å². The Balaban J connectivity index is 1.36. The lowest BCUT2D eigenvalue weighted by atomic mass is 9.80. The molecule has 2 aromatic rings. The maximum Gasteiger partial charge on any atom is 0.350 e. The Hall–Kier alpha value is -3.92. The minimum Gasteiger partial charge on any atom is -0.543 e. The number of aromatic nitrogens is 3. The van der Waals surface area contributed by atoms with E-state index >= 15 is 0 Å². The lowest BCUT2D eigenvalue weighted by Crippen LogP contribution is -2.71. The van der Waals surface area contributed by atoms with Gasteiger partial charge >= 0.3 is 5.97 Å². The Morgan fingerprint density at radius 1 is 1.42 bits per heavy atom. The molecule has 2 aromatic heterocycles. The largest absolute Gasteiger partial charge is 0.543 e. The zero-order valence-electron chi connectivity index (χ0n) is 20.0. The Labute approximate surface area is 223 Å². The molecule has 3 aliphatic rings. The van der Waals surface area contributed by atoms with E-state index in [4.69, 9.17) is 10.6 Å². The number of nitrogens with one attached hydrogen (secondary N) is 1. The van der Waals surface area contributed by atoms with Crippen molar-refractivity contribution in [3.8, 4) is 0 Å². The van der Waals surface area contributed by atoms with E-state index in [1.807, 2.05) is 0 Å². The molecule has 16 heteroatoms. The van der Waals surface area contributed by atoms with Crippen LogP contribution in [0, 0.1) is 0 Å². The van der Waals surface area contributed by atoms with Crippen LogP contribution < -0.4 is 20.8 Å². The minimum atomic E-state index is -1.53.